The number of hydrogen-bond acceptors (Lipinski definition) is 4. The van der Waals surface area contributed by atoms with Crippen molar-refractivity contribution in [2.45, 2.75) is 25.9 Å². The fourth-order valence-corrected chi connectivity index (χ4v) is 1.71. The Morgan fingerprint density at radius 1 is 1.60 bits per heavy atom. The first-order valence-electron chi connectivity index (χ1n) is 6.02. The maximum absolute atomic E-state index is 12.1. The third-order valence-corrected chi connectivity index (χ3v) is 3.54. The molecule has 0 aliphatic heterocycles. The van der Waals surface area contributed by atoms with Crippen LogP contribution < -0.4 is 11.1 Å². The number of amidine groups is 1. The van der Waals surface area contributed by atoms with Crippen molar-refractivity contribution in [2.24, 2.45) is 10.9 Å². The van der Waals surface area contributed by atoms with Gasteiger partial charge < -0.3 is 21.0 Å². The molecule has 0 aliphatic rings. The van der Waals surface area contributed by atoms with E-state index in [9.17, 15) is 4.79 Å². The highest BCUT2D eigenvalue weighted by molar-refractivity contribution is 6.34. The van der Waals surface area contributed by atoms with Crippen molar-refractivity contribution in [2.75, 3.05) is 12.4 Å². The number of benzene rings is 1. The quantitative estimate of drug-likeness (QED) is 0.336. The van der Waals surface area contributed by atoms with Crippen LogP contribution in [0, 0.1) is 0 Å². The third kappa shape index (κ3) is 3.40. The van der Waals surface area contributed by atoms with E-state index in [2.05, 4.69) is 10.5 Å². The first kappa shape index (κ1) is 16.3. The Balaban J connectivity index is 2.97. The van der Waals surface area contributed by atoms with Gasteiger partial charge in [-0.25, -0.2) is 0 Å². The highest BCUT2D eigenvalue weighted by atomic mass is 35.5. The van der Waals surface area contributed by atoms with E-state index < -0.39 is 5.60 Å². The monoisotopic (exact) mass is 299 g/mol. The molecule has 1 aromatic carbocycles. The molecule has 1 rings (SSSR count). The summed E-state index contributed by atoms with van der Waals surface area (Å²) in [7, 11) is 1.48. The summed E-state index contributed by atoms with van der Waals surface area (Å²) in [6.45, 7) is 3.55. The van der Waals surface area contributed by atoms with Crippen LogP contribution >= 0.6 is 11.6 Å². The van der Waals surface area contributed by atoms with Crippen molar-refractivity contribution in [3.05, 3.63) is 28.8 Å². The van der Waals surface area contributed by atoms with Crippen LogP contribution in [0.15, 0.2) is 23.4 Å². The number of ether oxygens (including phenoxy) is 1. The lowest BCUT2D eigenvalue weighted by molar-refractivity contribution is -0.136. The van der Waals surface area contributed by atoms with Gasteiger partial charge in [-0.2, -0.15) is 0 Å². The lowest BCUT2D eigenvalue weighted by Crippen LogP contribution is -2.41. The number of carbonyl (C=O) groups excluding carboxylic acids is 1. The Labute approximate surface area is 122 Å². The molecule has 0 aliphatic carbocycles. The van der Waals surface area contributed by atoms with Crippen molar-refractivity contribution in [3.63, 3.8) is 0 Å². The Morgan fingerprint density at radius 3 is 2.70 bits per heavy atom. The van der Waals surface area contributed by atoms with E-state index in [-0.39, 0.29) is 16.8 Å². The number of anilines is 1. The number of nitrogens with one attached hydrogen (secondary N) is 1. The lowest BCUT2D eigenvalue weighted by atomic mass is 10.0. The topological polar surface area (TPSA) is 96.9 Å². The second-order valence-electron chi connectivity index (χ2n) is 4.42. The summed E-state index contributed by atoms with van der Waals surface area (Å²) in [5, 5.41) is 14.5. The van der Waals surface area contributed by atoms with E-state index in [1.807, 2.05) is 6.92 Å². The predicted molar refractivity (Wildman–Crippen MR) is 78.3 cm³/mol. The van der Waals surface area contributed by atoms with Crippen LogP contribution in [0.5, 0.6) is 0 Å². The van der Waals surface area contributed by atoms with Gasteiger partial charge in [-0.1, -0.05) is 23.7 Å². The number of carbonyl (C=O) groups is 1. The van der Waals surface area contributed by atoms with Gasteiger partial charge in [0.1, 0.15) is 5.60 Å². The van der Waals surface area contributed by atoms with Gasteiger partial charge in [-0.3, -0.25) is 4.79 Å². The first-order valence-corrected chi connectivity index (χ1v) is 6.39. The smallest absolute Gasteiger partial charge is 0.256 e. The van der Waals surface area contributed by atoms with E-state index in [1.165, 1.54) is 13.2 Å². The average Bonchev–Trinajstić information content (AvgIpc) is 2.47. The zero-order valence-corrected chi connectivity index (χ0v) is 12.4. The minimum atomic E-state index is -0.923. The van der Waals surface area contributed by atoms with Gasteiger partial charge in [0.2, 0.25) is 0 Å². The molecule has 0 spiro atoms. The molecular weight excluding hydrogens is 282 g/mol. The van der Waals surface area contributed by atoms with Gasteiger partial charge >= 0.3 is 0 Å². The molecule has 0 saturated heterocycles. The van der Waals surface area contributed by atoms with E-state index in [0.29, 0.717) is 17.7 Å². The van der Waals surface area contributed by atoms with Gasteiger partial charge in [0.05, 0.1) is 10.7 Å². The van der Waals surface area contributed by atoms with Crippen LogP contribution in [0.3, 0.4) is 0 Å². The second kappa shape index (κ2) is 6.58. The molecule has 1 unspecified atom stereocenters. The normalized spacial score (nSPS) is 14.7. The summed E-state index contributed by atoms with van der Waals surface area (Å²) in [6.07, 6.45) is 0.523. The summed E-state index contributed by atoms with van der Waals surface area (Å²) >= 11 is 6.06. The Morgan fingerprint density at radius 2 is 2.25 bits per heavy atom. The number of amides is 1. The lowest BCUT2D eigenvalue weighted by Gasteiger charge is -2.25. The molecule has 1 atom stereocenters. The molecule has 1 amide bonds. The Kier molecular flexibility index (Phi) is 5.35. The van der Waals surface area contributed by atoms with Crippen molar-refractivity contribution in [1.82, 2.24) is 0 Å². The summed E-state index contributed by atoms with van der Waals surface area (Å²) in [6, 6.07) is 4.67. The van der Waals surface area contributed by atoms with E-state index >= 15 is 0 Å². The molecule has 6 nitrogen and oxygen atoms in total. The van der Waals surface area contributed by atoms with Crippen LogP contribution in [-0.4, -0.2) is 29.7 Å². The molecule has 0 bridgehead atoms. The van der Waals surface area contributed by atoms with Crippen LogP contribution in [-0.2, 0) is 9.53 Å². The van der Waals surface area contributed by atoms with Crippen molar-refractivity contribution in [3.8, 4) is 0 Å². The number of nitrogens with zero attached hydrogens (tertiary/aromatic N) is 1. The maximum atomic E-state index is 12.1. The number of methoxy groups -OCH3 is 1. The van der Waals surface area contributed by atoms with Crippen LogP contribution in [0.4, 0.5) is 5.69 Å². The number of nitrogens with two attached hydrogens (primary N) is 1. The summed E-state index contributed by atoms with van der Waals surface area (Å²) in [5.74, 6) is -0.346. The molecule has 4 N–H and O–H groups in total. The number of halogens is 1. The fourth-order valence-electron chi connectivity index (χ4n) is 1.49. The molecule has 1 aromatic rings. The third-order valence-electron chi connectivity index (χ3n) is 3.23. The van der Waals surface area contributed by atoms with Crippen LogP contribution in [0.2, 0.25) is 5.02 Å². The molecule has 7 heteroatoms. The standard InChI is InChI=1S/C13H18ClN3O3/c1-4-13(2,20-3)12(18)16-10-6-5-8(7-9(10)14)11(15)17-19/h5-7,19H,4H2,1-3H3,(H2,15,17)(H,16,18). The zero-order valence-electron chi connectivity index (χ0n) is 11.6. The molecule has 0 aromatic heterocycles. The maximum Gasteiger partial charge on any atom is 0.256 e. The zero-order chi connectivity index (χ0) is 15.3. The summed E-state index contributed by atoms with van der Waals surface area (Å²) < 4.78 is 5.21. The van der Waals surface area contributed by atoms with Gasteiger partial charge in [0.25, 0.3) is 5.91 Å². The van der Waals surface area contributed by atoms with Gasteiger partial charge in [0.15, 0.2) is 5.84 Å². The van der Waals surface area contributed by atoms with Gasteiger partial charge in [-0.15, -0.1) is 0 Å². The van der Waals surface area contributed by atoms with E-state index in [0.717, 1.165) is 0 Å². The molecule has 0 heterocycles. The van der Waals surface area contributed by atoms with Crippen molar-refractivity contribution >= 4 is 29.0 Å². The fraction of sp³-hybridized carbons (Fsp3) is 0.385. The average molecular weight is 300 g/mol. The molecule has 0 saturated carbocycles. The summed E-state index contributed by atoms with van der Waals surface area (Å²) in [4.78, 5) is 12.1. The van der Waals surface area contributed by atoms with E-state index in [4.69, 9.17) is 27.3 Å². The highest BCUT2D eigenvalue weighted by Crippen LogP contribution is 2.25. The van der Waals surface area contributed by atoms with Crippen LogP contribution in [0.25, 0.3) is 0 Å². The molecule has 20 heavy (non-hydrogen) atoms. The molecule has 0 radical (unpaired) electrons. The second-order valence-corrected chi connectivity index (χ2v) is 4.83. The van der Waals surface area contributed by atoms with Gasteiger partial charge in [0, 0.05) is 12.7 Å². The number of rotatable bonds is 5. The number of hydrogen-bond donors (Lipinski definition) is 3. The van der Waals surface area contributed by atoms with Crippen molar-refractivity contribution < 1.29 is 14.7 Å². The Hall–Kier alpha value is -1.79. The largest absolute Gasteiger partial charge is 0.409 e. The highest BCUT2D eigenvalue weighted by Gasteiger charge is 2.31. The summed E-state index contributed by atoms with van der Waals surface area (Å²) in [5.41, 5.74) is 5.43. The minimum absolute atomic E-state index is 0.0555. The molecule has 110 valence electrons. The first-order chi connectivity index (χ1) is 9.37. The van der Waals surface area contributed by atoms with E-state index in [1.54, 1.807) is 19.1 Å². The minimum Gasteiger partial charge on any atom is -0.409 e. The van der Waals surface area contributed by atoms with Gasteiger partial charge in [-0.05, 0) is 31.5 Å². The predicted octanol–water partition coefficient (Wildman–Crippen LogP) is 2.19. The molecular formula is C13H18ClN3O3. The molecule has 0 fully saturated rings. The SMILES string of the molecule is CCC(C)(OC)C(=O)Nc1ccc(/C(N)=N/O)cc1Cl. The Bertz CT molecular complexity index is 528. The van der Waals surface area contributed by atoms with Crippen LogP contribution in [0.1, 0.15) is 25.8 Å². The van der Waals surface area contributed by atoms with Crippen molar-refractivity contribution in [1.29, 1.82) is 0 Å². The number of oxime groups is 1.